The molecule has 202 valence electrons. The van der Waals surface area contributed by atoms with Gasteiger partial charge in [0, 0.05) is 30.1 Å². The van der Waals surface area contributed by atoms with E-state index in [0.29, 0.717) is 43.8 Å². The molecule has 4 aromatic rings. The van der Waals surface area contributed by atoms with Crippen molar-refractivity contribution in [2.45, 2.75) is 46.6 Å². The number of nitrogens with one attached hydrogen (secondary N) is 2. The Kier molecular flexibility index (Phi) is 9.22. The van der Waals surface area contributed by atoms with E-state index in [1.165, 1.54) is 12.5 Å². The Balaban J connectivity index is 1.72. The number of allylic oxidation sites excluding steroid dienone is 1. The first-order valence-electron chi connectivity index (χ1n) is 12.3. The van der Waals surface area contributed by atoms with E-state index >= 15 is 0 Å². The highest BCUT2D eigenvalue weighted by Gasteiger charge is 2.19. The number of hydrogen-bond donors (Lipinski definition) is 2. The molecule has 0 spiro atoms. The number of anilines is 3. The van der Waals surface area contributed by atoms with Crippen LogP contribution < -0.4 is 15.4 Å². The SMILES string of the molecule is CC(=O)c1nnc2cc(OC(C)C)c(NC(=O)/C=C(\C)CCc3ccsc3)cc2c1Nc1ccc(Cl)c(Cl)c1. The van der Waals surface area contributed by atoms with Crippen molar-refractivity contribution in [2.24, 2.45) is 0 Å². The molecule has 0 unspecified atom stereocenters. The number of nitrogens with zero attached hydrogens (tertiary/aromatic N) is 2. The number of thiophene rings is 1. The van der Waals surface area contributed by atoms with Crippen molar-refractivity contribution in [3.05, 3.63) is 80.1 Å². The van der Waals surface area contributed by atoms with E-state index in [-0.39, 0.29) is 23.5 Å². The zero-order valence-corrected chi connectivity index (χ0v) is 24.3. The molecule has 0 aliphatic carbocycles. The Bertz CT molecular complexity index is 1550. The third-order valence-electron chi connectivity index (χ3n) is 5.77. The largest absolute Gasteiger partial charge is 0.489 e. The van der Waals surface area contributed by atoms with Crippen LogP contribution in [-0.4, -0.2) is 28.0 Å². The monoisotopic (exact) mass is 582 g/mol. The number of ether oxygens (including phenoxy) is 1. The maximum absolute atomic E-state index is 13.0. The number of benzene rings is 2. The number of amides is 1. The lowest BCUT2D eigenvalue weighted by Gasteiger charge is -2.18. The summed E-state index contributed by atoms with van der Waals surface area (Å²) in [6, 6.07) is 10.6. The van der Waals surface area contributed by atoms with Gasteiger partial charge in [-0.2, -0.15) is 11.3 Å². The summed E-state index contributed by atoms with van der Waals surface area (Å²) in [5.41, 5.74) is 4.32. The van der Waals surface area contributed by atoms with E-state index < -0.39 is 0 Å². The summed E-state index contributed by atoms with van der Waals surface area (Å²) in [5, 5.41) is 20.1. The highest BCUT2D eigenvalue weighted by Crippen LogP contribution is 2.37. The fourth-order valence-corrected chi connectivity index (χ4v) is 4.92. The Hall–Kier alpha value is -3.46. The summed E-state index contributed by atoms with van der Waals surface area (Å²) in [7, 11) is 0. The molecule has 39 heavy (non-hydrogen) atoms. The van der Waals surface area contributed by atoms with E-state index in [9.17, 15) is 9.59 Å². The quantitative estimate of drug-likeness (QED) is 0.144. The van der Waals surface area contributed by atoms with Crippen LogP contribution in [0, 0.1) is 0 Å². The predicted molar refractivity (Wildman–Crippen MR) is 160 cm³/mol. The minimum absolute atomic E-state index is 0.146. The van der Waals surface area contributed by atoms with Gasteiger partial charge in [0.25, 0.3) is 0 Å². The van der Waals surface area contributed by atoms with Crippen molar-refractivity contribution in [1.82, 2.24) is 10.2 Å². The number of aryl methyl sites for hydroxylation is 1. The van der Waals surface area contributed by atoms with E-state index in [4.69, 9.17) is 27.9 Å². The molecule has 0 atom stereocenters. The molecule has 0 saturated carbocycles. The van der Waals surface area contributed by atoms with Gasteiger partial charge < -0.3 is 15.4 Å². The highest BCUT2D eigenvalue weighted by molar-refractivity contribution is 7.07. The molecule has 10 heteroatoms. The van der Waals surface area contributed by atoms with Crippen molar-refractivity contribution < 1.29 is 14.3 Å². The zero-order chi connectivity index (χ0) is 28.1. The lowest BCUT2D eigenvalue weighted by Crippen LogP contribution is -2.14. The van der Waals surface area contributed by atoms with Gasteiger partial charge in [0.2, 0.25) is 5.91 Å². The third-order valence-corrected chi connectivity index (χ3v) is 7.24. The molecule has 2 aromatic carbocycles. The second-order valence-corrected chi connectivity index (χ2v) is 11.0. The van der Waals surface area contributed by atoms with Crippen LogP contribution >= 0.6 is 34.5 Å². The van der Waals surface area contributed by atoms with Gasteiger partial charge in [-0.1, -0.05) is 28.8 Å². The summed E-state index contributed by atoms with van der Waals surface area (Å²) in [5.74, 6) is -0.108. The van der Waals surface area contributed by atoms with Crippen molar-refractivity contribution in [1.29, 1.82) is 0 Å². The number of halogens is 2. The van der Waals surface area contributed by atoms with Crippen LogP contribution in [0.2, 0.25) is 10.0 Å². The number of hydrogen-bond acceptors (Lipinski definition) is 7. The minimum atomic E-state index is -0.279. The van der Waals surface area contributed by atoms with Crippen LogP contribution in [0.4, 0.5) is 17.1 Å². The van der Waals surface area contributed by atoms with Crippen molar-refractivity contribution in [2.75, 3.05) is 10.6 Å². The second kappa shape index (κ2) is 12.6. The minimum Gasteiger partial charge on any atom is -0.489 e. The van der Waals surface area contributed by atoms with Crippen molar-refractivity contribution in [3.63, 3.8) is 0 Å². The smallest absolute Gasteiger partial charge is 0.248 e. The lowest BCUT2D eigenvalue weighted by molar-refractivity contribution is -0.112. The molecule has 2 N–H and O–H groups in total. The lowest BCUT2D eigenvalue weighted by atomic mass is 10.1. The molecule has 2 aromatic heterocycles. The first-order chi connectivity index (χ1) is 18.6. The summed E-state index contributed by atoms with van der Waals surface area (Å²) in [4.78, 5) is 25.5. The van der Waals surface area contributed by atoms with Gasteiger partial charge in [0.15, 0.2) is 11.5 Å². The van der Waals surface area contributed by atoms with Gasteiger partial charge in [-0.05, 0) is 80.3 Å². The fourth-order valence-electron chi connectivity index (χ4n) is 3.91. The molecular formula is C29H28Cl2N4O3S. The van der Waals surface area contributed by atoms with Crippen LogP contribution in [0.25, 0.3) is 10.9 Å². The van der Waals surface area contributed by atoms with E-state index in [2.05, 4.69) is 32.3 Å². The Morgan fingerprint density at radius 2 is 1.87 bits per heavy atom. The molecule has 4 rings (SSSR count). The van der Waals surface area contributed by atoms with Gasteiger partial charge in [-0.3, -0.25) is 9.59 Å². The topological polar surface area (TPSA) is 93.2 Å². The van der Waals surface area contributed by atoms with Crippen LogP contribution in [-0.2, 0) is 11.2 Å². The van der Waals surface area contributed by atoms with E-state index in [0.717, 1.165) is 18.4 Å². The third kappa shape index (κ3) is 7.35. The van der Waals surface area contributed by atoms with Gasteiger partial charge in [-0.15, -0.1) is 10.2 Å². The number of ketones is 1. The second-order valence-electron chi connectivity index (χ2n) is 9.38. The Morgan fingerprint density at radius 1 is 1.08 bits per heavy atom. The number of fused-ring (bicyclic) bond motifs is 1. The van der Waals surface area contributed by atoms with Crippen molar-refractivity contribution >= 4 is 74.2 Å². The average molecular weight is 584 g/mol. The molecule has 0 bridgehead atoms. The molecule has 0 aliphatic heterocycles. The fraction of sp³-hybridized carbons (Fsp3) is 0.241. The van der Waals surface area contributed by atoms with Crippen LogP contribution in [0.1, 0.15) is 50.2 Å². The molecular weight excluding hydrogens is 555 g/mol. The summed E-state index contributed by atoms with van der Waals surface area (Å²) < 4.78 is 6.00. The standard InChI is InChI=1S/C29H28Cl2N4O3S/c1-16(2)38-26-14-24-21(13-25(26)33-27(37)11-17(3)5-6-19-9-10-39-15-19)29(28(18(4)36)35-34-24)32-20-7-8-22(30)23(31)12-20/h7-16H,5-6H2,1-4H3,(H,32,34)(H,33,37)/b17-11+. The maximum Gasteiger partial charge on any atom is 0.248 e. The predicted octanol–water partition coefficient (Wildman–Crippen LogP) is 8.25. The van der Waals surface area contributed by atoms with Gasteiger partial charge >= 0.3 is 0 Å². The molecule has 0 saturated heterocycles. The molecule has 7 nitrogen and oxygen atoms in total. The molecule has 0 radical (unpaired) electrons. The Labute approximate surface area is 241 Å². The number of aromatic nitrogens is 2. The number of carbonyl (C=O) groups is 2. The van der Waals surface area contributed by atoms with E-state index in [1.807, 2.05) is 26.2 Å². The number of Topliss-reactive ketones (excluding diaryl/α,β-unsaturated/α-hetero) is 1. The average Bonchev–Trinajstić information content (AvgIpc) is 3.39. The Morgan fingerprint density at radius 3 is 2.54 bits per heavy atom. The molecule has 1 amide bonds. The normalized spacial score (nSPS) is 11.6. The van der Waals surface area contributed by atoms with Gasteiger partial charge in [0.1, 0.15) is 5.75 Å². The number of rotatable bonds is 10. The molecule has 0 aliphatic rings. The first kappa shape index (κ1) is 28.5. The van der Waals surface area contributed by atoms with Crippen LogP contribution in [0.3, 0.4) is 0 Å². The van der Waals surface area contributed by atoms with Gasteiger partial charge in [0.05, 0.1) is 33.0 Å². The number of carbonyl (C=O) groups excluding carboxylic acids is 2. The van der Waals surface area contributed by atoms with Crippen LogP contribution in [0.5, 0.6) is 5.75 Å². The summed E-state index contributed by atoms with van der Waals surface area (Å²) >= 11 is 13.9. The highest BCUT2D eigenvalue weighted by atomic mass is 35.5. The summed E-state index contributed by atoms with van der Waals surface area (Å²) in [6.45, 7) is 7.14. The van der Waals surface area contributed by atoms with Crippen molar-refractivity contribution in [3.8, 4) is 5.75 Å². The van der Waals surface area contributed by atoms with Crippen LogP contribution in [0.15, 0.2) is 58.8 Å². The molecule has 0 fully saturated rings. The summed E-state index contributed by atoms with van der Waals surface area (Å²) in [6.07, 6.45) is 3.08. The first-order valence-corrected chi connectivity index (χ1v) is 14.0. The molecule has 2 heterocycles. The zero-order valence-electron chi connectivity index (χ0n) is 22.0. The van der Waals surface area contributed by atoms with E-state index in [1.54, 1.807) is 47.7 Å². The maximum atomic E-state index is 13.0. The van der Waals surface area contributed by atoms with Gasteiger partial charge in [-0.25, -0.2) is 0 Å².